The highest BCUT2D eigenvalue weighted by molar-refractivity contribution is 7.92. The van der Waals surface area contributed by atoms with Gasteiger partial charge in [0.05, 0.1) is 11.9 Å². The maximum atomic E-state index is 12.5. The van der Waals surface area contributed by atoms with Crippen LogP contribution in [-0.4, -0.2) is 39.8 Å². The van der Waals surface area contributed by atoms with Gasteiger partial charge >= 0.3 is 0 Å². The minimum atomic E-state index is -3.44. The highest BCUT2D eigenvalue weighted by atomic mass is 32.2. The van der Waals surface area contributed by atoms with Crippen LogP contribution < -0.4 is 14.4 Å². The average molecular weight is 374 g/mol. The number of nitrogens with one attached hydrogen (secondary N) is 1. The zero-order valence-electron chi connectivity index (χ0n) is 14.6. The van der Waals surface area contributed by atoms with Crippen LogP contribution in [0.25, 0.3) is 0 Å². The number of amides is 1. The second kappa shape index (κ2) is 7.78. The highest BCUT2D eigenvalue weighted by Gasteiger charge is 2.30. The van der Waals surface area contributed by atoms with E-state index in [1.54, 1.807) is 24.3 Å². The third-order valence-electron chi connectivity index (χ3n) is 4.25. The van der Waals surface area contributed by atoms with Gasteiger partial charge in [0.15, 0.2) is 6.10 Å². The molecule has 0 spiro atoms. The molecule has 0 aliphatic carbocycles. The monoisotopic (exact) mass is 374 g/mol. The Morgan fingerprint density at radius 1 is 1.15 bits per heavy atom. The Hall–Kier alpha value is -2.54. The van der Waals surface area contributed by atoms with Gasteiger partial charge in [-0.2, -0.15) is 0 Å². The molecule has 1 amide bonds. The molecular formula is C19H22N2O4S. The maximum Gasteiger partial charge on any atom is 0.261 e. The van der Waals surface area contributed by atoms with Crippen LogP contribution in [0.1, 0.15) is 12.0 Å². The van der Waals surface area contributed by atoms with Gasteiger partial charge in [-0.1, -0.05) is 42.5 Å². The van der Waals surface area contributed by atoms with Gasteiger partial charge in [-0.25, -0.2) is 8.42 Å². The summed E-state index contributed by atoms with van der Waals surface area (Å²) >= 11 is 0. The Balaban J connectivity index is 1.67. The standard InChI is InChI=1S/C19H22N2O4S/c1-26(23,24)21-14-12-18(25-17-10-6-5-9-16(17)21)19(22)20-13-11-15-7-3-2-4-8-15/h2-10,18H,11-14H2,1H3,(H,20,22)/t18-/m1/s1. The van der Waals surface area contributed by atoms with Crippen LogP contribution >= 0.6 is 0 Å². The van der Waals surface area contributed by atoms with Gasteiger partial charge in [-0.05, 0) is 24.1 Å². The lowest BCUT2D eigenvalue weighted by atomic mass is 10.1. The van der Waals surface area contributed by atoms with Crippen LogP contribution in [0.2, 0.25) is 0 Å². The molecule has 0 saturated heterocycles. The third kappa shape index (κ3) is 4.35. The number of nitrogens with zero attached hydrogens (tertiary/aromatic N) is 1. The zero-order chi connectivity index (χ0) is 18.6. The topological polar surface area (TPSA) is 75.7 Å². The van der Waals surface area contributed by atoms with E-state index in [4.69, 9.17) is 4.74 Å². The summed E-state index contributed by atoms with van der Waals surface area (Å²) in [5.41, 5.74) is 1.61. The molecule has 0 saturated carbocycles. The van der Waals surface area contributed by atoms with Crippen molar-refractivity contribution in [3.05, 3.63) is 60.2 Å². The number of anilines is 1. The van der Waals surface area contributed by atoms with Crippen molar-refractivity contribution in [1.29, 1.82) is 0 Å². The molecule has 1 aliphatic rings. The second-order valence-electron chi connectivity index (χ2n) is 6.22. The Bertz CT molecular complexity index is 868. The number of hydrogen-bond acceptors (Lipinski definition) is 4. The smallest absolute Gasteiger partial charge is 0.261 e. The van der Waals surface area contributed by atoms with Crippen LogP contribution in [0.4, 0.5) is 5.69 Å². The van der Waals surface area contributed by atoms with E-state index < -0.39 is 16.1 Å². The van der Waals surface area contributed by atoms with E-state index in [0.29, 0.717) is 24.4 Å². The van der Waals surface area contributed by atoms with Crippen molar-refractivity contribution in [2.45, 2.75) is 18.9 Å². The lowest BCUT2D eigenvalue weighted by Crippen LogP contribution is -2.40. The SMILES string of the molecule is CS(=O)(=O)N1CC[C@H](C(=O)NCCc2ccccc2)Oc2ccccc21. The van der Waals surface area contributed by atoms with Gasteiger partial charge < -0.3 is 10.1 Å². The van der Waals surface area contributed by atoms with E-state index >= 15 is 0 Å². The second-order valence-corrected chi connectivity index (χ2v) is 8.13. The van der Waals surface area contributed by atoms with Crippen LogP contribution in [-0.2, 0) is 21.2 Å². The summed E-state index contributed by atoms with van der Waals surface area (Å²) in [6.45, 7) is 0.701. The Labute approximate surface area is 153 Å². The van der Waals surface area contributed by atoms with Gasteiger partial charge in [-0.3, -0.25) is 9.10 Å². The molecule has 1 N–H and O–H groups in total. The fourth-order valence-corrected chi connectivity index (χ4v) is 3.89. The largest absolute Gasteiger partial charge is 0.478 e. The van der Waals surface area contributed by atoms with Crippen LogP contribution in [0, 0.1) is 0 Å². The predicted octanol–water partition coefficient (Wildman–Crippen LogP) is 1.96. The van der Waals surface area contributed by atoms with Gasteiger partial charge in [0.2, 0.25) is 10.0 Å². The molecular weight excluding hydrogens is 352 g/mol. The average Bonchev–Trinajstić information content (AvgIpc) is 2.82. The van der Waals surface area contributed by atoms with E-state index in [9.17, 15) is 13.2 Å². The fourth-order valence-electron chi connectivity index (χ4n) is 2.95. The molecule has 2 aromatic rings. The van der Waals surface area contributed by atoms with Crippen LogP contribution in [0.3, 0.4) is 0 Å². The van der Waals surface area contributed by atoms with Crippen molar-refractivity contribution in [3.8, 4) is 5.75 Å². The molecule has 0 unspecified atom stereocenters. The van der Waals surface area contributed by atoms with Crippen molar-refractivity contribution in [2.75, 3.05) is 23.7 Å². The van der Waals surface area contributed by atoms with Crippen molar-refractivity contribution in [1.82, 2.24) is 5.32 Å². The van der Waals surface area contributed by atoms with Gasteiger partial charge in [0.25, 0.3) is 5.91 Å². The molecule has 0 aromatic heterocycles. The molecule has 3 rings (SSSR count). The third-order valence-corrected chi connectivity index (χ3v) is 5.43. The molecule has 138 valence electrons. The first-order chi connectivity index (χ1) is 12.4. The lowest BCUT2D eigenvalue weighted by molar-refractivity contribution is -0.128. The number of sulfonamides is 1. The Morgan fingerprint density at radius 2 is 1.85 bits per heavy atom. The number of hydrogen-bond donors (Lipinski definition) is 1. The first-order valence-electron chi connectivity index (χ1n) is 8.50. The van der Waals surface area contributed by atoms with Crippen molar-refractivity contribution < 1.29 is 17.9 Å². The number of para-hydroxylation sites is 2. The molecule has 0 bridgehead atoms. The van der Waals surface area contributed by atoms with E-state index in [-0.39, 0.29) is 12.5 Å². The summed E-state index contributed by atoms with van der Waals surface area (Å²) in [5, 5.41) is 2.88. The fraction of sp³-hybridized carbons (Fsp3) is 0.316. The molecule has 6 nitrogen and oxygen atoms in total. The van der Waals surface area contributed by atoms with Crippen molar-refractivity contribution in [2.24, 2.45) is 0 Å². The summed E-state index contributed by atoms with van der Waals surface area (Å²) in [5.74, 6) is 0.171. The zero-order valence-corrected chi connectivity index (χ0v) is 15.4. The summed E-state index contributed by atoms with van der Waals surface area (Å²) in [6.07, 6.45) is 1.45. The number of carbonyl (C=O) groups is 1. The highest BCUT2D eigenvalue weighted by Crippen LogP contribution is 2.33. The predicted molar refractivity (Wildman–Crippen MR) is 101 cm³/mol. The molecule has 1 atom stereocenters. The summed E-state index contributed by atoms with van der Waals surface area (Å²) in [6, 6.07) is 16.8. The van der Waals surface area contributed by atoms with E-state index in [1.807, 2.05) is 30.3 Å². The van der Waals surface area contributed by atoms with Crippen molar-refractivity contribution in [3.63, 3.8) is 0 Å². The molecule has 1 aliphatic heterocycles. The number of benzene rings is 2. The Kier molecular flexibility index (Phi) is 5.46. The van der Waals surface area contributed by atoms with Crippen LogP contribution in [0.5, 0.6) is 5.75 Å². The lowest BCUT2D eigenvalue weighted by Gasteiger charge is -2.20. The van der Waals surface area contributed by atoms with Crippen LogP contribution in [0.15, 0.2) is 54.6 Å². The minimum absolute atomic E-state index is 0.201. The molecule has 2 aromatic carbocycles. The molecule has 0 radical (unpaired) electrons. The molecule has 0 fully saturated rings. The number of ether oxygens (including phenoxy) is 1. The van der Waals surface area contributed by atoms with E-state index in [0.717, 1.165) is 18.2 Å². The van der Waals surface area contributed by atoms with Gasteiger partial charge in [0.1, 0.15) is 5.75 Å². The quantitative estimate of drug-likeness (QED) is 0.868. The minimum Gasteiger partial charge on any atom is -0.478 e. The molecule has 7 heteroatoms. The summed E-state index contributed by atoms with van der Waals surface area (Å²) in [4.78, 5) is 12.5. The number of carbonyl (C=O) groups excluding carboxylic acids is 1. The summed E-state index contributed by atoms with van der Waals surface area (Å²) in [7, 11) is -3.44. The summed E-state index contributed by atoms with van der Waals surface area (Å²) < 4.78 is 31.3. The van der Waals surface area contributed by atoms with E-state index in [1.165, 1.54) is 4.31 Å². The van der Waals surface area contributed by atoms with Crippen molar-refractivity contribution >= 4 is 21.6 Å². The number of rotatable bonds is 5. The molecule has 26 heavy (non-hydrogen) atoms. The first kappa shape index (κ1) is 18.3. The maximum absolute atomic E-state index is 12.5. The van der Waals surface area contributed by atoms with E-state index in [2.05, 4.69) is 5.32 Å². The normalized spacial score (nSPS) is 17.0. The number of fused-ring (bicyclic) bond motifs is 1. The molecule has 1 heterocycles. The first-order valence-corrected chi connectivity index (χ1v) is 10.3. The van der Waals surface area contributed by atoms with Gasteiger partial charge in [-0.15, -0.1) is 0 Å². The van der Waals surface area contributed by atoms with Gasteiger partial charge in [0, 0.05) is 19.5 Å². The Morgan fingerprint density at radius 3 is 2.58 bits per heavy atom.